The molecule has 0 saturated carbocycles. The fourth-order valence-corrected chi connectivity index (χ4v) is 3.96. The lowest BCUT2D eigenvalue weighted by molar-refractivity contribution is 0.578. The third-order valence-electron chi connectivity index (χ3n) is 4.22. The van der Waals surface area contributed by atoms with Crippen molar-refractivity contribution in [3.8, 4) is 0 Å². The van der Waals surface area contributed by atoms with Gasteiger partial charge in [-0.1, -0.05) is 48.5 Å². The molecule has 0 bridgehead atoms. The number of H-pyrrole nitrogens is 1. The summed E-state index contributed by atoms with van der Waals surface area (Å²) in [6.07, 6.45) is 1.39. The Morgan fingerprint density at radius 3 is 2.50 bits per heavy atom. The van der Waals surface area contributed by atoms with Crippen LogP contribution in [0.3, 0.4) is 0 Å². The lowest BCUT2D eigenvalue weighted by Crippen LogP contribution is -2.26. The van der Waals surface area contributed by atoms with E-state index in [1.807, 2.05) is 61.5 Å². The van der Waals surface area contributed by atoms with Crippen molar-refractivity contribution in [1.29, 1.82) is 0 Å². The molecule has 1 heterocycles. The van der Waals surface area contributed by atoms with Crippen LogP contribution in [0.2, 0.25) is 0 Å². The number of hydrogen-bond acceptors (Lipinski definition) is 2. The normalized spacial score (nSPS) is 11.9. The minimum Gasteiger partial charge on any atom is -0.358 e. The van der Waals surface area contributed by atoms with Crippen LogP contribution in [0.5, 0.6) is 0 Å². The number of nitrogens with one attached hydrogen (secondary N) is 2. The molecule has 0 spiro atoms. The predicted octanol–water partition coefficient (Wildman–Crippen LogP) is 3.53. The topological polar surface area (TPSA) is 62.0 Å². The van der Waals surface area contributed by atoms with E-state index in [0.29, 0.717) is 13.0 Å². The van der Waals surface area contributed by atoms with Crippen molar-refractivity contribution in [3.05, 3.63) is 71.4 Å². The summed E-state index contributed by atoms with van der Waals surface area (Å²) in [4.78, 5) is 3.29. The Bertz CT molecular complexity index is 915. The number of para-hydroxylation sites is 1. The zero-order valence-corrected chi connectivity index (χ0v) is 14.6. The van der Waals surface area contributed by atoms with Gasteiger partial charge >= 0.3 is 0 Å². The van der Waals surface area contributed by atoms with Crippen LogP contribution in [0.15, 0.2) is 54.6 Å². The first-order valence-electron chi connectivity index (χ1n) is 8.12. The second-order valence-corrected chi connectivity index (χ2v) is 7.93. The van der Waals surface area contributed by atoms with Gasteiger partial charge < -0.3 is 4.98 Å². The Labute approximate surface area is 143 Å². The standard InChI is InChI=1S/C19H22N2O2S/c1-15-18(17-11-5-6-12-19(17)21-15)14-20-24(22,23)13-7-10-16-8-3-2-4-9-16/h2-6,8-9,11-12,20-21H,7,10,13-14H2,1H3. The van der Waals surface area contributed by atoms with Crippen LogP contribution >= 0.6 is 0 Å². The maximum absolute atomic E-state index is 12.2. The van der Waals surface area contributed by atoms with Crippen molar-refractivity contribution in [2.45, 2.75) is 26.3 Å². The molecule has 0 aliphatic carbocycles. The molecule has 0 atom stereocenters. The highest BCUT2D eigenvalue weighted by molar-refractivity contribution is 7.89. The maximum atomic E-state index is 12.2. The van der Waals surface area contributed by atoms with Crippen LogP contribution in [-0.4, -0.2) is 19.2 Å². The zero-order valence-electron chi connectivity index (χ0n) is 13.7. The van der Waals surface area contributed by atoms with Crippen LogP contribution in [0.25, 0.3) is 10.9 Å². The molecule has 0 saturated heterocycles. The summed E-state index contributed by atoms with van der Waals surface area (Å²) in [7, 11) is -3.28. The smallest absolute Gasteiger partial charge is 0.211 e. The van der Waals surface area contributed by atoms with Gasteiger partial charge in [-0.15, -0.1) is 0 Å². The molecule has 0 amide bonds. The van der Waals surface area contributed by atoms with Crippen LogP contribution in [0.1, 0.15) is 23.2 Å². The number of rotatable bonds is 7. The third-order valence-corrected chi connectivity index (χ3v) is 5.63. The van der Waals surface area contributed by atoms with Crippen LogP contribution in [0.4, 0.5) is 0 Å². The van der Waals surface area contributed by atoms with Crippen LogP contribution in [-0.2, 0) is 23.0 Å². The Balaban J connectivity index is 1.59. The summed E-state index contributed by atoms with van der Waals surface area (Å²) in [6, 6.07) is 17.9. The minimum atomic E-state index is -3.28. The van der Waals surface area contributed by atoms with Gasteiger partial charge in [-0.2, -0.15) is 0 Å². The molecule has 0 unspecified atom stereocenters. The van der Waals surface area contributed by atoms with Crippen LogP contribution < -0.4 is 4.72 Å². The number of aromatic amines is 1. The minimum absolute atomic E-state index is 0.142. The fraction of sp³-hybridized carbons (Fsp3) is 0.263. The molecule has 0 fully saturated rings. The largest absolute Gasteiger partial charge is 0.358 e. The predicted molar refractivity (Wildman–Crippen MR) is 98.4 cm³/mol. The summed E-state index contributed by atoms with van der Waals surface area (Å²) in [5.74, 6) is 0.142. The summed E-state index contributed by atoms with van der Waals surface area (Å²) in [5, 5.41) is 1.07. The molecule has 0 aliphatic heterocycles. The van der Waals surface area contributed by atoms with Crippen LogP contribution in [0, 0.1) is 6.92 Å². The van der Waals surface area contributed by atoms with E-state index in [4.69, 9.17) is 0 Å². The summed E-state index contributed by atoms with van der Waals surface area (Å²) < 4.78 is 27.2. The second-order valence-electron chi connectivity index (χ2n) is 6.00. The van der Waals surface area contributed by atoms with Crippen molar-refractivity contribution in [2.24, 2.45) is 0 Å². The van der Waals surface area contributed by atoms with Gasteiger partial charge in [0.25, 0.3) is 0 Å². The van der Waals surface area contributed by atoms with Crippen molar-refractivity contribution < 1.29 is 8.42 Å². The average Bonchev–Trinajstić information content (AvgIpc) is 2.89. The van der Waals surface area contributed by atoms with E-state index in [9.17, 15) is 8.42 Å². The van der Waals surface area contributed by atoms with E-state index in [2.05, 4.69) is 9.71 Å². The van der Waals surface area contributed by atoms with Crippen molar-refractivity contribution >= 4 is 20.9 Å². The monoisotopic (exact) mass is 342 g/mol. The first-order chi connectivity index (χ1) is 11.6. The Morgan fingerprint density at radius 1 is 1.00 bits per heavy atom. The summed E-state index contributed by atoms with van der Waals surface area (Å²) >= 11 is 0. The molecule has 0 radical (unpaired) electrons. The highest BCUT2D eigenvalue weighted by atomic mass is 32.2. The lowest BCUT2D eigenvalue weighted by atomic mass is 10.1. The highest BCUT2D eigenvalue weighted by Crippen LogP contribution is 2.21. The molecule has 4 nitrogen and oxygen atoms in total. The van der Waals surface area contributed by atoms with Gasteiger partial charge in [-0.05, 0) is 37.0 Å². The number of aryl methyl sites for hydroxylation is 2. The Kier molecular flexibility index (Phi) is 5.02. The highest BCUT2D eigenvalue weighted by Gasteiger charge is 2.13. The molecule has 0 aliphatic rings. The van der Waals surface area contributed by atoms with Gasteiger partial charge in [0.05, 0.1) is 5.75 Å². The number of benzene rings is 2. The lowest BCUT2D eigenvalue weighted by Gasteiger charge is -2.07. The van der Waals surface area contributed by atoms with Gasteiger partial charge in [-0.25, -0.2) is 13.1 Å². The van der Waals surface area contributed by atoms with E-state index in [-0.39, 0.29) is 5.75 Å². The first-order valence-corrected chi connectivity index (χ1v) is 9.78. The second kappa shape index (κ2) is 7.20. The zero-order chi connectivity index (χ0) is 17.0. The van der Waals surface area contributed by atoms with Gasteiger partial charge in [0, 0.05) is 23.1 Å². The van der Waals surface area contributed by atoms with E-state index in [1.165, 1.54) is 5.56 Å². The first kappa shape index (κ1) is 16.7. The number of sulfonamides is 1. The fourth-order valence-electron chi connectivity index (χ4n) is 2.93. The SMILES string of the molecule is Cc1[nH]c2ccccc2c1CNS(=O)(=O)CCCc1ccccc1. The molecular weight excluding hydrogens is 320 g/mol. The van der Waals surface area contributed by atoms with E-state index < -0.39 is 10.0 Å². The van der Waals surface area contributed by atoms with E-state index in [1.54, 1.807) is 0 Å². The molecule has 1 aromatic heterocycles. The molecule has 5 heteroatoms. The molecule has 3 rings (SSSR count). The summed E-state index contributed by atoms with van der Waals surface area (Å²) in [6.45, 7) is 2.29. The molecular formula is C19H22N2O2S. The number of aromatic nitrogens is 1. The van der Waals surface area contributed by atoms with Crippen molar-refractivity contribution in [2.75, 3.05) is 5.75 Å². The summed E-state index contributed by atoms with van der Waals surface area (Å²) in [5.41, 5.74) is 4.22. The molecule has 3 aromatic rings. The number of hydrogen-bond donors (Lipinski definition) is 2. The average molecular weight is 342 g/mol. The maximum Gasteiger partial charge on any atom is 0.211 e. The Hall–Kier alpha value is -2.11. The molecule has 24 heavy (non-hydrogen) atoms. The van der Waals surface area contributed by atoms with Gasteiger partial charge in [0.1, 0.15) is 0 Å². The van der Waals surface area contributed by atoms with Gasteiger partial charge in [-0.3, -0.25) is 0 Å². The van der Waals surface area contributed by atoms with Gasteiger partial charge in [0.15, 0.2) is 0 Å². The Morgan fingerprint density at radius 2 is 1.71 bits per heavy atom. The molecule has 2 aromatic carbocycles. The molecule has 2 N–H and O–H groups in total. The molecule has 126 valence electrons. The van der Waals surface area contributed by atoms with Crippen molar-refractivity contribution in [3.63, 3.8) is 0 Å². The third kappa shape index (κ3) is 4.04. The van der Waals surface area contributed by atoms with Crippen molar-refractivity contribution in [1.82, 2.24) is 9.71 Å². The van der Waals surface area contributed by atoms with E-state index >= 15 is 0 Å². The number of fused-ring (bicyclic) bond motifs is 1. The van der Waals surface area contributed by atoms with Gasteiger partial charge in [0.2, 0.25) is 10.0 Å². The quantitative estimate of drug-likeness (QED) is 0.690. The van der Waals surface area contributed by atoms with E-state index in [0.717, 1.165) is 28.6 Å².